The first-order chi connectivity index (χ1) is 12.3. The lowest BCUT2D eigenvalue weighted by atomic mass is 9.52. The molecule has 134 valence electrons. The molecular formula is C21H22O4Si. The highest BCUT2D eigenvalue weighted by molar-refractivity contribution is 6.69. The van der Waals surface area contributed by atoms with Crippen LogP contribution in [0.2, 0.25) is 19.6 Å². The lowest BCUT2D eigenvalue weighted by Gasteiger charge is -2.60. The summed E-state index contributed by atoms with van der Waals surface area (Å²) in [4.78, 5) is 24.8. The highest BCUT2D eigenvalue weighted by Gasteiger charge is 2.78. The highest BCUT2D eigenvalue weighted by atomic mass is 28.4. The van der Waals surface area contributed by atoms with Gasteiger partial charge in [0.25, 0.3) is 0 Å². The molecule has 0 amide bonds. The average molecular weight is 366 g/mol. The van der Waals surface area contributed by atoms with Crippen molar-refractivity contribution in [3.8, 4) is 0 Å². The van der Waals surface area contributed by atoms with Crippen molar-refractivity contribution < 1.29 is 18.8 Å². The van der Waals surface area contributed by atoms with E-state index < -0.39 is 37.2 Å². The minimum atomic E-state index is -2.03. The van der Waals surface area contributed by atoms with Crippen LogP contribution in [0, 0.1) is 5.92 Å². The van der Waals surface area contributed by atoms with Crippen LogP contribution in [0.5, 0.6) is 0 Å². The molecule has 0 spiro atoms. The Balaban J connectivity index is 1.97. The van der Waals surface area contributed by atoms with E-state index in [9.17, 15) is 9.59 Å². The Kier molecular flexibility index (Phi) is 3.72. The molecule has 4 nitrogen and oxygen atoms in total. The Morgan fingerprint density at radius 2 is 1.46 bits per heavy atom. The van der Waals surface area contributed by atoms with E-state index in [0.29, 0.717) is 6.42 Å². The van der Waals surface area contributed by atoms with E-state index in [0.717, 1.165) is 11.1 Å². The van der Waals surface area contributed by atoms with Crippen molar-refractivity contribution in [2.75, 3.05) is 0 Å². The number of hydrogen-bond acceptors (Lipinski definition) is 4. The number of rotatable bonds is 4. The molecule has 1 saturated carbocycles. The summed E-state index contributed by atoms with van der Waals surface area (Å²) in [6, 6.07) is 19.4. The number of ether oxygens (including phenoxy) is 1. The standard InChI is InChI=1S/C21H22O4Si/c1-26(2,3)25-20(15-10-6-4-7-11-15)14-17-18(22)19(23)24-21(17,20)16-12-8-5-9-13-16/h4-13,17H,14H2,1-3H3/t17-,20+,21+/m0/s1. The Labute approximate surface area is 154 Å². The monoisotopic (exact) mass is 366 g/mol. The van der Waals surface area contributed by atoms with Crippen LogP contribution in [0.25, 0.3) is 0 Å². The molecule has 26 heavy (non-hydrogen) atoms. The number of Topliss-reactive ketones (excluding diaryl/α,β-unsaturated/α-hetero) is 1. The van der Waals surface area contributed by atoms with Crippen molar-refractivity contribution in [3.63, 3.8) is 0 Å². The van der Waals surface area contributed by atoms with E-state index in [2.05, 4.69) is 19.6 Å². The Bertz CT molecular complexity index is 859. The normalized spacial score (nSPS) is 30.5. The predicted molar refractivity (Wildman–Crippen MR) is 99.9 cm³/mol. The Morgan fingerprint density at radius 3 is 1.96 bits per heavy atom. The maximum Gasteiger partial charge on any atom is 0.376 e. The number of carbonyl (C=O) groups is 2. The number of fused-ring (bicyclic) bond motifs is 1. The minimum Gasteiger partial charge on any atom is -0.444 e. The summed E-state index contributed by atoms with van der Waals surface area (Å²) in [5.41, 5.74) is -0.168. The summed E-state index contributed by atoms with van der Waals surface area (Å²) >= 11 is 0. The SMILES string of the molecule is C[Si](C)(C)O[C@@]1(c2ccccc2)C[C@H]2C(=O)C(=O)O[C@]21c1ccccc1. The van der Waals surface area contributed by atoms with Gasteiger partial charge in [-0.3, -0.25) is 4.79 Å². The summed E-state index contributed by atoms with van der Waals surface area (Å²) in [6.45, 7) is 6.34. The van der Waals surface area contributed by atoms with E-state index in [1.54, 1.807) is 0 Å². The van der Waals surface area contributed by atoms with Gasteiger partial charge in [-0.15, -0.1) is 0 Å². The summed E-state index contributed by atoms with van der Waals surface area (Å²) in [7, 11) is -2.03. The van der Waals surface area contributed by atoms with Gasteiger partial charge in [-0.2, -0.15) is 0 Å². The van der Waals surface area contributed by atoms with Crippen LogP contribution >= 0.6 is 0 Å². The van der Waals surface area contributed by atoms with Gasteiger partial charge in [0.15, 0.2) is 13.9 Å². The Hall–Kier alpha value is -2.24. The minimum absolute atomic E-state index is 0.445. The molecule has 0 bridgehead atoms. The van der Waals surface area contributed by atoms with Crippen LogP contribution in [-0.4, -0.2) is 20.1 Å². The largest absolute Gasteiger partial charge is 0.444 e. The van der Waals surface area contributed by atoms with Gasteiger partial charge in [0.1, 0.15) is 5.60 Å². The van der Waals surface area contributed by atoms with Crippen LogP contribution in [0.4, 0.5) is 0 Å². The summed E-state index contributed by atoms with van der Waals surface area (Å²) in [5.74, 6) is -1.70. The van der Waals surface area contributed by atoms with Crippen molar-refractivity contribution in [1.29, 1.82) is 0 Å². The van der Waals surface area contributed by atoms with Gasteiger partial charge in [0.05, 0.1) is 5.92 Å². The molecule has 0 unspecified atom stereocenters. The molecule has 0 N–H and O–H groups in total. The number of carbonyl (C=O) groups excluding carboxylic acids is 2. The molecule has 2 aromatic rings. The molecule has 2 aromatic carbocycles. The fraction of sp³-hybridized carbons (Fsp3) is 0.333. The number of hydrogen-bond donors (Lipinski definition) is 0. The van der Waals surface area contributed by atoms with E-state index in [1.807, 2.05) is 60.7 Å². The molecule has 0 aromatic heterocycles. The second-order valence-corrected chi connectivity index (χ2v) is 12.4. The van der Waals surface area contributed by atoms with Crippen LogP contribution in [0.3, 0.4) is 0 Å². The van der Waals surface area contributed by atoms with Gasteiger partial charge >= 0.3 is 5.97 Å². The second-order valence-electron chi connectivity index (χ2n) is 8.02. The van der Waals surface area contributed by atoms with Gasteiger partial charge in [-0.05, 0) is 37.2 Å². The molecule has 0 radical (unpaired) electrons. The van der Waals surface area contributed by atoms with Crippen molar-refractivity contribution >= 4 is 20.1 Å². The predicted octanol–water partition coefficient (Wildman–Crippen LogP) is 3.77. The first-order valence-corrected chi connectivity index (χ1v) is 12.3. The van der Waals surface area contributed by atoms with Gasteiger partial charge in [0, 0.05) is 0 Å². The van der Waals surface area contributed by atoms with Crippen LogP contribution < -0.4 is 0 Å². The third-order valence-corrected chi connectivity index (χ3v) is 6.24. The van der Waals surface area contributed by atoms with Gasteiger partial charge < -0.3 is 9.16 Å². The van der Waals surface area contributed by atoms with Crippen molar-refractivity contribution in [2.45, 2.75) is 37.3 Å². The average Bonchev–Trinajstić information content (AvgIpc) is 2.82. The first kappa shape index (κ1) is 17.2. The first-order valence-electron chi connectivity index (χ1n) is 8.89. The molecule has 1 aliphatic carbocycles. The van der Waals surface area contributed by atoms with Gasteiger partial charge in [0.2, 0.25) is 5.78 Å². The zero-order chi connectivity index (χ0) is 18.6. The molecule has 2 fully saturated rings. The molecule has 5 heteroatoms. The lowest BCUT2D eigenvalue weighted by molar-refractivity contribution is -0.248. The number of benzene rings is 2. The fourth-order valence-electron chi connectivity index (χ4n) is 4.42. The number of ketones is 1. The third-order valence-electron chi connectivity index (χ3n) is 5.28. The van der Waals surface area contributed by atoms with Gasteiger partial charge in [-0.1, -0.05) is 60.7 Å². The van der Waals surface area contributed by atoms with E-state index in [-0.39, 0.29) is 0 Å². The summed E-state index contributed by atoms with van der Waals surface area (Å²) < 4.78 is 12.6. The quantitative estimate of drug-likeness (QED) is 0.469. The smallest absolute Gasteiger partial charge is 0.376 e. The topological polar surface area (TPSA) is 52.6 Å². The number of esters is 1. The van der Waals surface area contributed by atoms with Crippen LogP contribution in [0.15, 0.2) is 60.7 Å². The van der Waals surface area contributed by atoms with E-state index in [1.165, 1.54) is 0 Å². The van der Waals surface area contributed by atoms with Crippen LogP contribution in [-0.2, 0) is 30.0 Å². The zero-order valence-electron chi connectivity index (χ0n) is 15.2. The Morgan fingerprint density at radius 1 is 0.923 bits per heavy atom. The highest BCUT2D eigenvalue weighted by Crippen LogP contribution is 2.67. The second kappa shape index (κ2) is 5.63. The van der Waals surface area contributed by atoms with E-state index >= 15 is 0 Å². The molecule has 3 atom stereocenters. The van der Waals surface area contributed by atoms with Crippen molar-refractivity contribution in [3.05, 3.63) is 71.8 Å². The lowest BCUT2D eigenvalue weighted by Crippen LogP contribution is -2.67. The zero-order valence-corrected chi connectivity index (χ0v) is 16.2. The summed E-state index contributed by atoms with van der Waals surface area (Å²) in [5, 5.41) is 0. The van der Waals surface area contributed by atoms with Crippen LogP contribution in [0.1, 0.15) is 17.5 Å². The molecule has 4 rings (SSSR count). The van der Waals surface area contributed by atoms with Gasteiger partial charge in [-0.25, -0.2) is 4.79 Å². The molecule has 1 aliphatic heterocycles. The maximum absolute atomic E-state index is 12.5. The fourth-order valence-corrected chi connectivity index (χ4v) is 5.82. The third kappa shape index (κ3) is 2.24. The molecule has 1 heterocycles. The van der Waals surface area contributed by atoms with Crippen molar-refractivity contribution in [2.24, 2.45) is 5.92 Å². The maximum atomic E-state index is 12.5. The molecule has 1 saturated heterocycles. The van der Waals surface area contributed by atoms with Crippen molar-refractivity contribution in [1.82, 2.24) is 0 Å². The molecular weight excluding hydrogens is 344 g/mol. The molecule has 2 aliphatic rings. The van der Waals surface area contributed by atoms with E-state index in [4.69, 9.17) is 9.16 Å². The summed E-state index contributed by atoms with van der Waals surface area (Å²) in [6.07, 6.45) is 0.459.